The van der Waals surface area contributed by atoms with Crippen molar-refractivity contribution in [3.8, 4) is 5.75 Å². The molecule has 1 aliphatic carbocycles. The quantitative estimate of drug-likeness (QED) is 0.851. The van der Waals surface area contributed by atoms with Crippen LogP contribution in [-0.2, 0) is 0 Å². The fourth-order valence-electron chi connectivity index (χ4n) is 3.17. The Bertz CT molecular complexity index is 621. The molecule has 0 radical (unpaired) electrons. The molecular formula is C17H21NO2. The maximum atomic E-state index is 12.7. The zero-order valence-corrected chi connectivity index (χ0v) is 12.1. The summed E-state index contributed by atoms with van der Waals surface area (Å²) >= 11 is 0. The van der Waals surface area contributed by atoms with Gasteiger partial charge in [-0.05, 0) is 37.0 Å². The van der Waals surface area contributed by atoms with Gasteiger partial charge in [0.25, 0.3) is 0 Å². The van der Waals surface area contributed by atoms with Gasteiger partial charge in [0.05, 0.1) is 7.11 Å². The van der Waals surface area contributed by atoms with Crippen molar-refractivity contribution in [1.29, 1.82) is 0 Å². The summed E-state index contributed by atoms with van der Waals surface area (Å²) in [6, 6.07) is 5.83. The lowest BCUT2D eigenvalue weighted by atomic mass is 9.79. The number of aromatic nitrogens is 1. The summed E-state index contributed by atoms with van der Waals surface area (Å²) in [7, 11) is 1.65. The molecule has 0 atom stereocenters. The zero-order valence-electron chi connectivity index (χ0n) is 12.1. The number of methoxy groups -OCH3 is 1. The molecule has 1 saturated carbocycles. The number of ether oxygens (including phenoxy) is 1. The SMILES string of the molecule is COc1ccc2[nH]cc(C(=O)C3CCC(C)CC3)c2c1. The molecule has 1 aromatic carbocycles. The van der Waals surface area contributed by atoms with E-state index in [4.69, 9.17) is 4.74 Å². The third kappa shape index (κ3) is 2.33. The molecule has 0 aliphatic heterocycles. The molecule has 3 nitrogen and oxygen atoms in total. The van der Waals surface area contributed by atoms with Crippen LogP contribution in [0.15, 0.2) is 24.4 Å². The van der Waals surface area contributed by atoms with Gasteiger partial charge in [-0.2, -0.15) is 0 Å². The molecule has 1 N–H and O–H groups in total. The van der Waals surface area contributed by atoms with Gasteiger partial charge >= 0.3 is 0 Å². The largest absolute Gasteiger partial charge is 0.497 e. The van der Waals surface area contributed by atoms with Crippen molar-refractivity contribution in [2.75, 3.05) is 7.11 Å². The fraction of sp³-hybridized carbons (Fsp3) is 0.471. The highest BCUT2D eigenvalue weighted by molar-refractivity contribution is 6.09. The van der Waals surface area contributed by atoms with Crippen molar-refractivity contribution >= 4 is 16.7 Å². The molecular weight excluding hydrogens is 250 g/mol. The number of carbonyl (C=O) groups excluding carboxylic acids is 1. The average molecular weight is 271 g/mol. The zero-order chi connectivity index (χ0) is 14.1. The Morgan fingerprint density at radius 1 is 1.25 bits per heavy atom. The topological polar surface area (TPSA) is 42.1 Å². The minimum absolute atomic E-state index is 0.191. The number of nitrogens with one attached hydrogen (secondary N) is 1. The first-order chi connectivity index (χ1) is 9.69. The first-order valence-corrected chi connectivity index (χ1v) is 7.38. The number of H-pyrrole nitrogens is 1. The van der Waals surface area contributed by atoms with Gasteiger partial charge in [-0.15, -0.1) is 0 Å². The maximum Gasteiger partial charge on any atom is 0.168 e. The van der Waals surface area contributed by atoms with Gasteiger partial charge in [-0.3, -0.25) is 4.79 Å². The van der Waals surface area contributed by atoms with E-state index in [9.17, 15) is 4.79 Å². The second-order valence-electron chi connectivity index (χ2n) is 5.93. The summed E-state index contributed by atoms with van der Waals surface area (Å²) in [5, 5.41) is 0.980. The van der Waals surface area contributed by atoms with E-state index < -0.39 is 0 Å². The summed E-state index contributed by atoms with van der Waals surface area (Å²) in [6.45, 7) is 2.28. The van der Waals surface area contributed by atoms with Gasteiger partial charge in [0, 0.05) is 28.6 Å². The molecule has 106 valence electrons. The minimum Gasteiger partial charge on any atom is -0.497 e. The highest BCUT2D eigenvalue weighted by Crippen LogP contribution is 2.33. The van der Waals surface area contributed by atoms with Gasteiger partial charge in [0.1, 0.15) is 5.75 Å². The molecule has 0 unspecified atom stereocenters. The Hall–Kier alpha value is -1.77. The standard InChI is InChI=1S/C17H21NO2/c1-11-3-5-12(6-4-11)17(19)15-10-18-16-8-7-13(20-2)9-14(15)16/h7-12,18H,3-6H2,1-2H3. The predicted molar refractivity (Wildman–Crippen MR) is 80.3 cm³/mol. The average Bonchev–Trinajstić information content (AvgIpc) is 2.90. The van der Waals surface area contributed by atoms with E-state index in [1.807, 2.05) is 24.4 Å². The first kappa shape index (κ1) is 13.2. The maximum absolute atomic E-state index is 12.7. The van der Waals surface area contributed by atoms with Gasteiger partial charge < -0.3 is 9.72 Å². The molecule has 0 bridgehead atoms. The Labute approximate surface area is 119 Å². The lowest BCUT2D eigenvalue weighted by Crippen LogP contribution is -2.20. The van der Waals surface area contributed by atoms with Crippen LogP contribution in [0, 0.1) is 11.8 Å². The van der Waals surface area contributed by atoms with E-state index in [-0.39, 0.29) is 11.7 Å². The van der Waals surface area contributed by atoms with Crippen molar-refractivity contribution in [2.24, 2.45) is 11.8 Å². The smallest absolute Gasteiger partial charge is 0.168 e. The molecule has 0 spiro atoms. The monoisotopic (exact) mass is 271 g/mol. The second-order valence-corrected chi connectivity index (χ2v) is 5.93. The van der Waals surface area contributed by atoms with Gasteiger partial charge in [0.15, 0.2) is 5.78 Å². The summed E-state index contributed by atoms with van der Waals surface area (Å²) in [5.41, 5.74) is 1.82. The normalized spacial score (nSPS) is 22.9. The number of fused-ring (bicyclic) bond motifs is 1. The van der Waals surface area contributed by atoms with Crippen LogP contribution in [0.3, 0.4) is 0 Å². The fourth-order valence-corrected chi connectivity index (χ4v) is 3.17. The predicted octanol–water partition coefficient (Wildman–Crippen LogP) is 4.19. The number of ketones is 1. The molecule has 0 amide bonds. The lowest BCUT2D eigenvalue weighted by Gasteiger charge is -2.24. The molecule has 1 aliphatic rings. The first-order valence-electron chi connectivity index (χ1n) is 7.38. The van der Waals surface area contributed by atoms with E-state index in [1.54, 1.807) is 7.11 Å². The number of hydrogen-bond acceptors (Lipinski definition) is 2. The Morgan fingerprint density at radius 3 is 2.70 bits per heavy atom. The Balaban J connectivity index is 1.91. The highest BCUT2D eigenvalue weighted by Gasteiger charge is 2.26. The van der Waals surface area contributed by atoms with E-state index in [0.717, 1.165) is 41.0 Å². The molecule has 1 fully saturated rings. The summed E-state index contributed by atoms with van der Waals surface area (Å²) in [4.78, 5) is 15.9. The lowest BCUT2D eigenvalue weighted by molar-refractivity contribution is 0.0877. The van der Waals surface area contributed by atoms with Gasteiger partial charge in [0.2, 0.25) is 0 Å². The van der Waals surface area contributed by atoms with Gasteiger partial charge in [-0.25, -0.2) is 0 Å². The van der Waals surface area contributed by atoms with Crippen LogP contribution in [0.1, 0.15) is 43.0 Å². The van der Waals surface area contributed by atoms with Crippen molar-refractivity contribution in [3.05, 3.63) is 30.0 Å². The van der Waals surface area contributed by atoms with E-state index in [0.29, 0.717) is 0 Å². The minimum atomic E-state index is 0.191. The number of rotatable bonds is 3. The van der Waals surface area contributed by atoms with Crippen LogP contribution in [0.2, 0.25) is 0 Å². The van der Waals surface area contributed by atoms with Crippen LogP contribution in [0.25, 0.3) is 10.9 Å². The third-order valence-electron chi connectivity index (χ3n) is 4.54. The van der Waals surface area contributed by atoms with Crippen molar-refractivity contribution in [2.45, 2.75) is 32.6 Å². The number of aromatic amines is 1. The van der Waals surface area contributed by atoms with Crippen molar-refractivity contribution in [3.63, 3.8) is 0 Å². The number of benzene rings is 1. The highest BCUT2D eigenvalue weighted by atomic mass is 16.5. The van der Waals surface area contributed by atoms with Crippen molar-refractivity contribution in [1.82, 2.24) is 4.98 Å². The summed E-state index contributed by atoms with van der Waals surface area (Å²) < 4.78 is 5.26. The van der Waals surface area contributed by atoms with Gasteiger partial charge in [-0.1, -0.05) is 19.8 Å². The third-order valence-corrected chi connectivity index (χ3v) is 4.54. The molecule has 0 saturated heterocycles. The number of carbonyl (C=O) groups is 1. The van der Waals surface area contributed by atoms with Crippen LogP contribution in [0.4, 0.5) is 0 Å². The van der Waals surface area contributed by atoms with E-state index in [2.05, 4.69) is 11.9 Å². The van der Waals surface area contributed by atoms with Crippen LogP contribution in [-0.4, -0.2) is 17.9 Å². The second kappa shape index (κ2) is 5.31. The van der Waals surface area contributed by atoms with Crippen LogP contribution < -0.4 is 4.74 Å². The Morgan fingerprint density at radius 2 is 2.00 bits per heavy atom. The molecule has 3 heteroatoms. The number of hydrogen-bond donors (Lipinski definition) is 1. The molecule has 20 heavy (non-hydrogen) atoms. The van der Waals surface area contributed by atoms with Crippen LogP contribution in [0.5, 0.6) is 5.75 Å². The number of Topliss-reactive ketones (excluding diaryl/α,β-unsaturated/α-hetero) is 1. The molecule has 1 heterocycles. The summed E-state index contributed by atoms with van der Waals surface area (Å²) in [6.07, 6.45) is 6.24. The molecule has 1 aromatic heterocycles. The van der Waals surface area contributed by atoms with Crippen molar-refractivity contribution < 1.29 is 9.53 Å². The summed E-state index contributed by atoms with van der Waals surface area (Å²) in [5.74, 6) is 2.04. The Kier molecular flexibility index (Phi) is 3.51. The molecule has 3 rings (SSSR count). The van der Waals surface area contributed by atoms with Crippen LogP contribution >= 0.6 is 0 Å². The van der Waals surface area contributed by atoms with E-state index in [1.165, 1.54) is 12.8 Å². The molecule has 2 aromatic rings. The van der Waals surface area contributed by atoms with E-state index >= 15 is 0 Å².